The van der Waals surface area contributed by atoms with Gasteiger partial charge in [0.15, 0.2) is 0 Å². The van der Waals surface area contributed by atoms with Gasteiger partial charge in [-0.25, -0.2) is 0 Å². The van der Waals surface area contributed by atoms with E-state index in [0.717, 1.165) is 22.2 Å². The number of para-hydroxylation sites is 1. The molecule has 1 heterocycles. The molecule has 100 valence electrons. The van der Waals surface area contributed by atoms with Crippen molar-refractivity contribution in [2.75, 3.05) is 13.7 Å². The molecule has 0 spiro atoms. The van der Waals surface area contributed by atoms with Crippen molar-refractivity contribution in [3.63, 3.8) is 0 Å². The lowest BCUT2D eigenvalue weighted by atomic mass is 10.1. The third kappa shape index (κ3) is 2.93. The van der Waals surface area contributed by atoms with Crippen molar-refractivity contribution in [1.29, 1.82) is 0 Å². The topological polar surface area (TPSA) is 71.2 Å². The quantitative estimate of drug-likeness (QED) is 0.814. The molecule has 0 atom stereocenters. The van der Waals surface area contributed by atoms with Gasteiger partial charge in [-0.3, -0.25) is 9.59 Å². The average molecular weight is 260 g/mol. The number of nitrogens with one attached hydrogen (secondary N) is 2. The highest BCUT2D eigenvalue weighted by Crippen LogP contribution is 2.22. The second-order valence-electron chi connectivity index (χ2n) is 4.30. The van der Waals surface area contributed by atoms with Gasteiger partial charge in [0.1, 0.15) is 6.54 Å². The fourth-order valence-electron chi connectivity index (χ4n) is 2.03. The number of H-pyrrole nitrogens is 1. The summed E-state index contributed by atoms with van der Waals surface area (Å²) >= 11 is 0. The molecule has 2 aromatic rings. The van der Waals surface area contributed by atoms with E-state index in [2.05, 4.69) is 15.0 Å². The van der Waals surface area contributed by atoms with Crippen LogP contribution in [0, 0.1) is 6.92 Å². The second kappa shape index (κ2) is 5.56. The number of aryl methyl sites for hydroxylation is 1. The minimum atomic E-state index is -0.455. The molecular weight excluding hydrogens is 244 g/mol. The monoisotopic (exact) mass is 260 g/mol. The normalized spacial score (nSPS) is 10.4. The van der Waals surface area contributed by atoms with Gasteiger partial charge in [-0.1, -0.05) is 18.2 Å². The SMILES string of the molecule is COC(=O)CNC(=O)Cc1c(C)[nH]c2ccccc12. The van der Waals surface area contributed by atoms with Crippen LogP contribution in [0.5, 0.6) is 0 Å². The van der Waals surface area contributed by atoms with Crippen LogP contribution in [0.25, 0.3) is 10.9 Å². The zero-order chi connectivity index (χ0) is 13.8. The number of carbonyl (C=O) groups excluding carboxylic acids is 2. The molecule has 2 N–H and O–H groups in total. The largest absolute Gasteiger partial charge is 0.468 e. The van der Waals surface area contributed by atoms with Crippen LogP contribution in [0.3, 0.4) is 0 Å². The predicted octanol–water partition coefficient (Wildman–Crippen LogP) is 1.31. The van der Waals surface area contributed by atoms with Gasteiger partial charge in [-0.15, -0.1) is 0 Å². The fourth-order valence-corrected chi connectivity index (χ4v) is 2.03. The van der Waals surface area contributed by atoms with Crippen LogP contribution in [0.2, 0.25) is 0 Å². The van der Waals surface area contributed by atoms with E-state index >= 15 is 0 Å². The molecule has 0 fully saturated rings. The summed E-state index contributed by atoms with van der Waals surface area (Å²) in [4.78, 5) is 26.0. The lowest BCUT2D eigenvalue weighted by Gasteiger charge is -2.04. The summed E-state index contributed by atoms with van der Waals surface area (Å²) in [6.45, 7) is 1.83. The van der Waals surface area contributed by atoms with Gasteiger partial charge in [-0.05, 0) is 18.6 Å². The van der Waals surface area contributed by atoms with Crippen LogP contribution in [-0.2, 0) is 20.7 Å². The van der Waals surface area contributed by atoms with Crippen molar-refractivity contribution in [2.45, 2.75) is 13.3 Å². The Labute approximate surface area is 110 Å². The highest BCUT2D eigenvalue weighted by atomic mass is 16.5. The van der Waals surface area contributed by atoms with Crippen LogP contribution < -0.4 is 5.32 Å². The Morgan fingerprint density at radius 1 is 1.32 bits per heavy atom. The average Bonchev–Trinajstić information content (AvgIpc) is 2.72. The van der Waals surface area contributed by atoms with Crippen LogP contribution in [0.1, 0.15) is 11.3 Å². The standard InChI is InChI=1S/C14H16N2O3/c1-9-11(7-13(17)15-8-14(18)19-2)10-5-3-4-6-12(10)16-9/h3-6,16H,7-8H2,1-2H3,(H,15,17). The van der Waals surface area contributed by atoms with Crippen LogP contribution in [-0.4, -0.2) is 30.5 Å². The molecule has 1 aromatic heterocycles. The first-order chi connectivity index (χ1) is 9.11. The Morgan fingerprint density at radius 3 is 2.79 bits per heavy atom. The third-order valence-electron chi connectivity index (χ3n) is 3.02. The van der Waals surface area contributed by atoms with E-state index in [9.17, 15) is 9.59 Å². The molecule has 0 aliphatic rings. The predicted molar refractivity (Wildman–Crippen MR) is 71.8 cm³/mol. The van der Waals surface area contributed by atoms with Gasteiger partial charge >= 0.3 is 5.97 Å². The van der Waals surface area contributed by atoms with Crippen LogP contribution in [0.15, 0.2) is 24.3 Å². The number of hydrogen-bond acceptors (Lipinski definition) is 3. The number of hydrogen-bond donors (Lipinski definition) is 2. The van der Waals surface area contributed by atoms with Crippen molar-refractivity contribution in [2.24, 2.45) is 0 Å². The summed E-state index contributed by atoms with van der Waals surface area (Å²) in [6.07, 6.45) is 0.243. The van der Waals surface area contributed by atoms with Crippen molar-refractivity contribution in [3.8, 4) is 0 Å². The highest BCUT2D eigenvalue weighted by Gasteiger charge is 2.12. The summed E-state index contributed by atoms with van der Waals surface area (Å²) in [5.74, 6) is -0.651. The number of aromatic nitrogens is 1. The number of carbonyl (C=O) groups is 2. The maximum Gasteiger partial charge on any atom is 0.325 e. The summed E-state index contributed by atoms with van der Waals surface area (Å²) in [5.41, 5.74) is 2.93. The zero-order valence-corrected chi connectivity index (χ0v) is 10.9. The molecule has 2 rings (SSSR count). The fraction of sp³-hybridized carbons (Fsp3) is 0.286. The van der Waals surface area contributed by atoms with Crippen LogP contribution in [0.4, 0.5) is 0 Å². The number of methoxy groups -OCH3 is 1. The van der Waals surface area contributed by atoms with Crippen molar-refractivity contribution in [1.82, 2.24) is 10.3 Å². The molecular formula is C14H16N2O3. The maximum atomic E-state index is 11.8. The smallest absolute Gasteiger partial charge is 0.325 e. The first kappa shape index (κ1) is 13.1. The number of aromatic amines is 1. The molecule has 1 aromatic carbocycles. The van der Waals surface area contributed by atoms with E-state index in [0.29, 0.717) is 0 Å². The summed E-state index contributed by atoms with van der Waals surface area (Å²) in [7, 11) is 1.29. The number of rotatable bonds is 4. The Morgan fingerprint density at radius 2 is 2.05 bits per heavy atom. The van der Waals surface area contributed by atoms with E-state index in [-0.39, 0.29) is 18.9 Å². The summed E-state index contributed by atoms with van der Waals surface area (Å²) < 4.78 is 4.47. The lowest BCUT2D eigenvalue weighted by Crippen LogP contribution is -2.31. The number of esters is 1. The Kier molecular flexibility index (Phi) is 3.85. The number of benzene rings is 1. The molecule has 0 aliphatic carbocycles. The lowest BCUT2D eigenvalue weighted by molar-refractivity contribution is -0.141. The van der Waals surface area contributed by atoms with Gasteiger partial charge in [0.25, 0.3) is 0 Å². The van der Waals surface area contributed by atoms with Gasteiger partial charge in [0.05, 0.1) is 13.5 Å². The third-order valence-corrected chi connectivity index (χ3v) is 3.02. The van der Waals surface area contributed by atoms with E-state index < -0.39 is 5.97 Å². The van der Waals surface area contributed by atoms with E-state index in [1.54, 1.807) is 0 Å². The molecule has 0 unspecified atom stereocenters. The molecule has 0 aliphatic heterocycles. The summed E-state index contributed by atoms with van der Waals surface area (Å²) in [6, 6.07) is 7.82. The molecule has 0 saturated carbocycles. The highest BCUT2D eigenvalue weighted by molar-refractivity contribution is 5.91. The van der Waals surface area contributed by atoms with E-state index in [1.165, 1.54) is 7.11 Å². The number of ether oxygens (including phenoxy) is 1. The minimum Gasteiger partial charge on any atom is -0.468 e. The number of amides is 1. The molecule has 19 heavy (non-hydrogen) atoms. The molecule has 5 heteroatoms. The molecule has 5 nitrogen and oxygen atoms in total. The first-order valence-electron chi connectivity index (χ1n) is 6.01. The molecule has 0 radical (unpaired) electrons. The maximum absolute atomic E-state index is 11.8. The Hall–Kier alpha value is -2.30. The van der Waals surface area contributed by atoms with Crippen molar-refractivity contribution < 1.29 is 14.3 Å². The molecule has 0 bridgehead atoms. The summed E-state index contributed by atoms with van der Waals surface area (Å²) in [5, 5.41) is 3.57. The van der Waals surface area contributed by atoms with Gasteiger partial charge in [-0.2, -0.15) is 0 Å². The van der Waals surface area contributed by atoms with Crippen LogP contribution >= 0.6 is 0 Å². The van der Waals surface area contributed by atoms with Gasteiger partial charge in [0.2, 0.25) is 5.91 Å². The Balaban J connectivity index is 2.10. The van der Waals surface area contributed by atoms with E-state index in [1.807, 2.05) is 31.2 Å². The Bertz CT molecular complexity index is 616. The van der Waals surface area contributed by atoms with E-state index in [4.69, 9.17) is 0 Å². The minimum absolute atomic E-state index is 0.100. The number of fused-ring (bicyclic) bond motifs is 1. The molecule has 0 saturated heterocycles. The zero-order valence-electron chi connectivity index (χ0n) is 10.9. The first-order valence-corrected chi connectivity index (χ1v) is 6.01. The van der Waals surface area contributed by atoms with Crippen molar-refractivity contribution >= 4 is 22.8 Å². The van der Waals surface area contributed by atoms with Gasteiger partial charge in [0, 0.05) is 16.6 Å². The molecule has 1 amide bonds. The second-order valence-corrected chi connectivity index (χ2v) is 4.30. The van der Waals surface area contributed by atoms with Gasteiger partial charge < -0.3 is 15.0 Å². The van der Waals surface area contributed by atoms with Crippen molar-refractivity contribution in [3.05, 3.63) is 35.5 Å².